The van der Waals surface area contributed by atoms with Crippen LogP contribution in [-0.4, -0.2) is 27.7 Å². The first kappa shape index (κ1) is 27.7. The fourth-order valence-electron chi connectivity index (χ4n) is 5.17. The van der Waals surface area contributed by atoms with Crippen LogP contribution in [-0.2, 0) is 13.1 Å². The van der Waals surface area contributed by atoms with Crippen LogP contribution in [0.1, 0.15) is 56.9 Å². The molecule has 0 saturated carbocycles. The van der Waals surface area contributed by atoms with Gasteiger partial charge in [-0.3, -0.25) is 4.79 Å². The van der Waals surface area contributed by atoms with Gasteiger partial charge in [-0.1, -0.05) is 54.6 Å². The summed E-state index contributed by atoms with van der Waals surface area (Å²) in [7, 11) is 0. The van der Waals surface area contributed by atoms with Crippen molar-refractivity contribution in [3.05, 3.63) is 125 Å². The molecule has 2 N–H and O–H groups in total. The molecule has 0 bridgehead atoms. The number of carbonyl (C=O) groups is 2. The molecule has 0 atom stereocenters. The van der Waals surface area contributed by atoms with Crippen LogP contribution in [0.3, 0.4) is 0 Å². The second-order valence-electron chi connectivity index (χ2n) is 10.6. The lowest BCUT2D eigenvalue weighted by molar-refractivity contribution is 0.0697. The van der Waals surface area contributed by atoms with E-state index in [0.717, 1.165) is 44.6 Å². The molecule has 41 heavy (non-hydrogen) atoms. The maximum absolute atomic E-state index is 13.0. The Bertz CT molecular complexity index is 1730. The molecule has 6 nitrogen and oxygen atoms in total. The largest absolute Gasteiger partial charge is 0.491 e. The summed E-state index contributed by atoms with van der Waals surface area (Å²) in [6.45, 7) is 9.24. The number of hydrogen-bond donors (Lipinski definition) is 2. The molecule has 0 aliphatic carbocycles. The second kappa shape index (κ2) is 11.7. The monoisotopic (exact) mass is 546 g/mol. The topological polar surface area (TPSA) is 80.6 Å². The first-order chi connectivity index (χ1) is 19.7. The molecule has 1 heterocycles. The van der Waals surface area contributed by atoms with Gasteiger partial charge in [0.25, 0.3) is 5.91 Å². The van der Waals surface area contributed by atoms with E-state index in [4.69, 9.17) is 4.74 Å². The number of ether oxygens (including phenoxy) is 1. The minimum atomic E-state index is -0.937. The highest BCUT2D eigenvalue weighted by Gasteiger charge is 2.15. The molecule has 0 spiro atoms. The lowest BCUT2D eigenvalue weighted by atomic mass is 9.99. The standard InChI is InChI=1S/C35H34N2O4/c1-22(2)41-29-9-7-8-26(18-29)20-36-34(38)28-16-17-33-32(19-28)23(3)24(4)37(33)21-25-12-14-27(15-13-25)30-10-5-6-11-31(30)35(39)40/h5-19,22H,20-21H2,1-4H3,(H,36,38)(H,39,40). The molecule has 6 heteroatoms. The van der Waals surface area contributed by atoms with Gasteiger partial charge in [0.1, 0.15) is 5.75 Å². The van der Waals surface area contributed by atoms with Gasteiger partial charge in [-0.2, -0.15) is 0 Å². The third kappa shape index (κ3) is 6.02. The predicted molar refractivity (Wildman–Crippen MR) is 163 cm³/mol. The van der Waals surface area contributed by atoms with Gasteiger partial charge in [0.05, 0.1) is 11.7 Å². The van der Waals surface area contributed by atoms with Gasteiger partial charge >= 0.3 is 5.97 Å². The number of carboxylic acids is 1. The quantitative estimate of drug-likeness (QED) is 0.202. The van der Waals surface area contributed by atoms with Crippen molar-refractivity contribution in [1.29, 1.82) is 0 Å². The summed E-state index contributed by atoms with van der Waals surface area (Å²) in [5.74, 6) is -0.266. The van der Waals surface area contributed by atoms with Crippen molar-refractivity contribution in [2.45, 2.75) is 46.9 Å². The maximum atomic E-state index is 13.0. The average Bonchev–Trinajstić information content (AvgIpc) is 3.20. The van der Waals surface area contributed by atoms with Gasteiger partial charge in [0.15, 0.2) is 0 Å². The number of carbonyl (C=O) groups excluding carboxylic acids is 1. The molecule has 0 fully saturated rings. The van der Waals surface area contributed by atoms with E-state index < -0.39 is 5.97 Å². The third-order valence-corrected chi connectivity index (χ3v) is 7.39. The molecule has 1 amide bonds. The number of aromatic carboxylic acids is 1. The number of nitrogens with zero attached hydrogens (tertiary/aromatic N) is 1. The van der Waals surface area contributed by atoms with Crippen LogP contribution in [0.15, 0.2) is 91.0 Å². The Morgan fingerprint density at radius 1 is 0.878 bits per heavy atom. The summed E-state index contributed by atoms with van der Waals surface area (Å²) < 4.78 is 8.02. The van der Waals surface area contributed by atoms with Crippen molar-refractivity contribution in [1.82, 2.24) is 9.88 Å². The van der Waals surface area contributed by atoms with Crippen LogP contribution >= 0.6 is 0 Å². The molecular weight excluding hydrogens is 512 g/mol. The van der Waals surface area contributed by atoms with E-state index in [9.17, 15) is 14.7 Å². The molecule has 0 aliphatic rings. The Morgan fingerprint density at radius 3 is 2.37 bits per heavy atom. The van der Waals surface area contributed by atoms with Crippen LogP contribution in [0.5, 0.6) is 5.75 Å². The van der Waals surface area contributed by atoms with Gasteiger partial charge in [0, 0.05) is 35.2 Å². The summed E-state index contributed by atoms with van der Waals surface area (Å²) in [5, 5.41) is 13.6. The molecule has 0 saturated heterocycles. The predicted octanol–water partition coefficient (Wildman–Crippen LogP) is 7.39. The van der Waals surface area contributed by atoms with Crippen LogP contribution in [0, 0.1) is 13.8 Å². The van der Waals surface area contributed by atoms with Crippen LogP contribution in [0.4, 0.5) is 0 Å². The lowest BCUT2D eigenvalue weighted by Gasteiger charge is -2.12. The van der Waals surface area contributed by atoms with Crippen molar-refractivity contribution >= 4 is 22.8 Å². The minimum Gasteiger partial charge on any atom is -0.491 e. The van der Waals surface area contributed by atoms with Gasteiger partial charge < -0.3 is 19.7 Å². The number of fused-ring (bicyclic) bond motifs is 1. The van der Waals surface area contributed by atoms with E-state index in [1.807, 2.05) is 92.7 Å². The Kier molecular flexibility index (Phi) is 7.92. The fourth-order valence-corrected chi connectivity index (χ4v) is 5.17. The molecule has 208 valence electrons. The maximum Gasteiger partial charge on any atom is 0.336 e. The third-order valence-electron chi connectivity index (χ3n) is 7.39. The number of aryl methyl sites for hydroxylation is 1. The first-order valence-electron chi connectivity index (χ1n) is 13.8. The van der Waals surface area contributed by atoms with Crippen molar-refractivity contribution in [2.75, 3.05) is 0 Å². The summed E-state index contributed by atoms with van der Waals surface area (Å²) in [6.07, 6.45) is 0.0891. The highest BCUT2D eigenvalue weighted by atomic mass is 16.5. The van der Waals surface area contributed by atoms with Crippen LogP contribution in [0.2, 0.25) is 0 Å². The zero-order valence-corrected chi connectivity index (χ0v) is 23.8. The highest BCUT2D eigenvalue weighted by Crippen LogP contribution is 2.29. The summed E-state index contributed by atoms with van der Waals surface area (Å²) >= 11 is 0. The SMILES string of the molecule is Cc1c(C)n(Cc2ccc(-c3ccccc3C(=O)O)cc2)c2ccc(C(=O)NCc3cccc(OC(C)C)c3)cc12. The van der Waals surface area contributed by atoms with Gasteiger partial charge in [-0.15, -0.1) is 0 Å². The highest BCUT2D eigenvalue weighted by molar-refractivity contribution is 5.99. The number of rotatable bonds is 9. The van der Waals surface area contributed by atoms with E-state index in [2.05, 4.69) is 23.7 Å². The zero-order chi connectivity index (χ0) is 29.1. The van der Waals surface area contributed by atoms with E-state index in [0.29, 0.717) is 24.2 Å². The fraction of sp³-hybridized carbons (Fsp3) is 0.200. The number of aromatic nitrogens is 1. The number of carboxylic acid groups (broad SMARTS) is 1. The molecule has 0 radical (unpaired) electrons. The number of benzene rings is 4. The summed E-state index contributed by atoms with van der Waals surface area (Å²) in [6, 6.07) is 28.7. The minimum absolute atomic E-state index is 0.0891. The molecule has 1 aromatic heterocycles. The van der Waals surface area contributed by atoms with Gasteiger partial charge in [0.2, 0.25) is 0 Å². The Balaban J connectivity index is 1.33. The normalized spacial score (nSPS) is 11.1. The van der Waals surface area contributed by atoms with Crippen LogP contribution < -0.4 is 10.1 Å². The van der Waals surface area contributed by atoms with Gasteiger partial charge in [-0.05, 0) is 91.9 Å². The Labute approximate surface area is 240 Å². The van der Waals surface area contributed by atoms with E-state index >= 15 is 0 Å². The summed E-state index contributed by atoms with van der Waals surface area (Å²) in [4.78, 5) is 24.7. The lowest BCUT2D eigenvalue weighted by Crippen LogP contribution is -2.22. The zero-order valence-electron chi connectivity index (χ0n) is 23.8. The van der Waals surface area contributed by atoms with Crippen LogP contribution in [0.25, 0.3) is 22.0 Å². The molecule has 5 aromatic rings. The molecule has 5 rings (SSSR count). The molecule has 0 aliphatic heterocycles. The van der Waals surface area contributed by atoms with E-state index in [1.165, 1.54) is 0 Å². The average molecular weight is 547 g/mol. The van der Waals surface area contributed by atoms with Crippen molar-refractivity contribution < 1.29 is 19.4 Å². The number of nitrogens with one attached hydrogen (secondary N) is 1. The van der Waals surface area contributed by atoms with Crippen molar-refractivity contribution in [2.24, 2.45) is 0 Å². The smallest absolute Gasteiger partial charge is 0.336 e. The van der Waals surface area contributed by atoms with E-state index in [1.54, 1.807) is 12.1 Å². The number of amides is 1. The van der Waals surface area contributed by atoms with E-state index in [-0.39, 0.29) is 17.6 Å². The molecule has 4 aromatic carbocycles. The van der Waals surface area contributed by atoms with Crippen molar-refractivity contribution in [3.63, 3.8) is 0 Å². The molecular formula is C35H34N2O4. The van der Waals surface area contributed by atoms with Crippen molar-refractivity contribution in [3.8, 4) is 16.9 Å². The first-order valence-corrected chi connectivity index (χ1v) is 13.8. The molecule has 0 unspecified atom stereocenters. The number of hydrogen-bond acceptors (Lipinski definition) is 3. The summed E-state index contributed by atoms with van der Waals surface area (Å²) in [5.41, 5.74) is 7.90. The second-order valence-corrected chi connectivity index (χ2v) is 10.6. The Hall–Kier alpha value is -4.84. The van der Waals surface area contributed by atoms with Gasteiger partial charge in [-0.25, -0.2) is 4.79 Å². The Morgan fingerprint density at radius 2 is 1.63 bits per heavy atom.